The van der Waals surface area contributed by atoms with E-state index in [0.717, 1.165) is 17.7 Å². The first-order valence-electron chi connectivity index (χ1n) is 7.89. The molecule has 122 valence electrons. The largest absolute Gasteiger partial charge is 0.443 e. The van der Waals surface area contributed by atoms with E-state index in [-0.39, 0.29) is 17.6 Å². The minimum Gasteiger partial charge on any atom is -0.443 e. The Kier molecular flexibility index (Phi) is 4.26. The maximum Gasteiger partial charge on any atom is 0.414 e. The van der Waals surface area contributed by atoms with Gasteiger partial charge in [0.15, 0.2) is 0 Å². The molecule has 22 heavy (non-hydrogen) atoms. The second kappa shape index (κ2) is 5.58. The maximum absolute atomic E-state index is 12.4. The molecule has 2 N–H and O–H groups in total. The molecule has 1 aliphatic heterocycles. The predicted octanol–water partition coefficient (Wildman–Crippen LogP) is 4.13. The quantitative estimate of drug-likeness (QED) is 0.784. The number of nitrogens with two attached hydrogens (primary N) is 1. The minimum atomic E-state index is -0.498. The molecule has 0 saturated carbocycles. The van der Waals surface area contributed by atoms with Gasteiger partial charge in [0.05, 0.1) is 5.69 Å². The summed E-state index contributed by atoms with van der Waals surface area (Å²) in [6.45, 7) is 12.8. The first-order chi connectivity index (χ1) is 9.99. The lowest BCUT2D eigenvalue weighted by Crippen LogP contribution is -2.41. The average molecular weight is 304 g/mol. The number of amides is 1. The van der Waals surface area contributed by atoms with Crippen LogP contribution in [0.2, 0.25) is 0 Å². The van der Waals surface area contributed by atoms with Crippen LogP contribution in [0.1, 0.15) is 65.1 Å². The highest BCUT2D eigenvalue weighted by Crippen LogP contribution is 2.36. The van der Waals surface area contributed by atoms with Gasteiger partial charge in [-0.05, 0) is 49.8 Å². The second-order valence-corrected chi connectivity index (χ2v) is 8.05. The molecule has 0 radical (unpaired) electrons. The number of fused-ring (bicyclic) bond motifs is 1. The van der Waals surface area contributed by atoms with Crippen LogP contribution < -0.4 is 10.6 Å². The third-order valence-electron chi connectivity index (χ3n) is 3.86. The lowest BCUT2D eigenvalue weighted by atomic mass is 9.84. The number of carbonyl (C=O) groups is 1. The first-order valence-corrected chi connectivity index (χ1v) is 7.89. The number of carbonyl (C=O) groups excluding carboxylic acids is 1. The average Bonchev–Trinajstić information content (AvgIpc) is 2.35. The highest BCUT2D eigenvalue weighted by molar-refractivity contribution is 5.89. The van der Waals surface area contributed by atoms with E-state index < -0.39 is 5.60 Å². The number of ether oxygens (including phenoxy) is 1. The van der Waals surface area contributed by atoms with Crippen LogP contribution in [0, 0.1) is 0 Å². The third kappa shape index (κ3) is 3.61. The summed E-state index contributed by atoms with van der Waals surface area (Å²) in [5.74, 6) is 0. The monoisotopic (exact) mass is 304 g/mol. The van der Waals surface area contributed by atoms with Crippen molar-refractivity contribution in [3.8, 4) is 0 Å². The Bertz CT molecular complexity index is 567. The normalized spacial score (nSPS) is 18.9. The van der Waals surface area contributed by atoms with Crippen LogP contribution in [0.3, 0.4) is 0 Å². The number of benzene rings is 1. The van der Waals surface area contributed by atoms with Gasteiger partial charge in [-0.1, -0.05) is 32.9 Å². The Morgan fingerprint density at radius 1 is 1.23 bits per heavy atom. The van der Waals surface area contributed by atoms with E-state index >= 15 is 0 Å². The van der Waals surface area contributed by atoms with Crippen molar-refractivity contribution in [2.75, 3.05) is 11.4 Å². The fourth-order valence-electron chi connectivity index (χ4n) is 2.61. The maximum atomic E-state index is 12.4. The molecule has 1 atom stereocenters. The zero-order valence-electron chi connectivity index (χ0n) is 14.6. The number of rotatable bonds is 0. The molecular weight excluding hydrogens is 276 g/mol. The summed E-state index contributed by atoms with van der Waals surface area (Å²) in [5, 5.41) is 0. The van der Waals surface area contributed by atoms with Gasteiger partial charge in [-0.25, -0.2) is 4.79 Å². The van der Waals surface area contributed by atoms with Crippen molar-refractivity contribution >= 4 is 11.8 Å². The number of hydrogen-bond donors (Lipinski definition) is 1. The van der Waals surface area contributed by atoms with Crippen LogP contribution >= 0.6 is 0 Å². The van der Waals surface area contributed by atoms with Crippen molar-refractivity contribution in [2.24, 2.45) is 5.73 Å². The topological polar surface area (TPSA) is 55.6 Å². The Labute approximate surface area is 133 Å². The molecule has 0 saturated heterocycles. The van der Waals surface area contributed by atoms with Gasteiger partial charge in [-0.2, -0.15) is 0 Å². The lowest BCUT2D eigenvalue weighted by molar-refractivity contribution is 0.0576. The standard InChI is InChI=1S/C18H28N2O2/c1-17(2,3)12-7-8-15-13(11-12)14(19)9-10-20(15)16(21)22-18(4,5)6/h7-8,11,14H,9-10,19H2,1-6H3. The molecule has 1 aromatic rings. The van der Waals surface area contributed by atoms with E-state index in [9.17, 15) is 4.79 Å². The van der Waals surface area contributed by atoms with Crippen molar-refractivity contribution in [3.63, 3.8) is 0 Å². The van der Waals surface area contributed by atoms with Crippen molar-refractivity contribution in [1.29, 1.82) is 0 Å². The predicted molar refractivity (Wildman–Crippen MR) is 90.3 cm³/mol. The van der Waals surface area contributed by atoms with Gasteiger partial charge in [-0.15, -0.1) is 0 Å². The molecule has 1 aromatic carbocycles. The second-order valence-electron chi connectivity index (χ2n) is 8.05. The van der Waals surface area contributed by atoms with E-state index in [1.165, 1.54) is 5.56 Å². The van der Waals surface area contributed by atoms with Gasteiger partial charge in [0.1, 0.15) is 5.60 Å². The number of nitrogens with zero attached hydrogens (tertiary/aromatic N) is 1. The van der Waals surface area contributed by atoms with E-state index in [1.807, 2.05) is 26.8 Å². The summed E-state index contributed by atoms with van der Waals surface area (Å²) in [4.78, 5) is 14.1. The van der Waals surface area contributed by atoms with Gasteiger partial charge >= 0.3 is 6.09 Å². The molecular formula is C18H28N2O2. The highest BCUT2D eigenvalue weighted by Gasteiger charge is 2.31. The zero-order valence-corrected chi connectivity index (χ0v) is 14.6. The molecule has 0 bridgehead atoms. The zero-order chi connectivity index (χ0) is 16.7. The Morgan fingerprint density at radius 2 is 1.86 bits per heavy atom. The Morgan fingerprint density at radius 3 is 2.41 bits per heavy atom. The van der Waals surface area contributed by atoms with E-state index in [2.05, 4.69) is 32.9 Å². The van der Waals surface area contributed by atoms with Crippen molar-refractivity contribution in [3.05, 3.63) is 29.3 Å². The van der Waals surface area contributed by atoms with Crippen LogP contribution in [0.4, 0.5) is 10.5 Å². The van der Waals surface area contributed by atoms with Crippen molar-refractivity contribution in [1.82, 2.24) is 0 Å². The first kappa shape index (κ1) is 16.8. The van der Waals surface area contributed by atoms with E-state index in [4.69, 9.17) is 10.5 Å². The molecule has 1 aliphatic rings. The summed E-state index contributed by atoms with van der Waals surface area (Å²) < 4.78 is 5.51. The van der Waals surface area contributed by atoms with Crippen LogP contribution in [-0.4, -0.2) is 18.2 Å². The summed E-state index contributed by atoms with van der Waals surface area (Å²) in [5.41, 5.74) is 8.97. The molecule has 4 nitrogen and oxygen atoms in total. The summed E-state index contributed by atoms with van der Waals surface area (Å²) in [6.07, 6.45) is 0.448. The lowest BCUT2D eigenvalue weighted by Gasteiger charge is -2.35. The van der Waals surface area contributed by atoms with Crippen LogP contribution in [0.25, 0.3) is 0 Å². The van der Waals surface area contributed by atoms with Crippen LogP contribution in [0.15, 0.2) is 18.2 Å². The summed E-state index contributed by atoms with van der Waals surface area (Å²) >= 11 is 0. The summed E-state index contributed by atoms with van der Waals surface area (Å²) in [7, 11) is 0. The summed E-state index contributed by atoms with van der Waals surface area (Å²) in [6, 6.07) is 6.18. The molecule has 0 fully saturated rings. The molecule has 1 amide bonds. The fourth-order valence-corrected chi connectivity index (χ4v) is 2.61. The molecule has 2 rings (SSSR count). The molecule has 1 heterocycles. The molecule has 4 heteroatoms. The van der Waals surface area contributed by atoms with Crippen molar-refractivity contribution < 1.29 is 9.53 Å². The smallest absolute Gasteiger partial charge is 0.414 e. The Hall–Kier alpha value is -1.55. The minimum absolute atomic E-state index is 0.0315. The van der Waals surface area contributed by atoms with Gasteiger partial charge in [-0.3, -0.25) is 4.90 Å². The molecule has 1 unspecified atom stereocenters. The highest BCUT2D eigenvalue weighted by atomic mass is 16.6. The molecule has 0 aromatic heterocycles. The van der Waals surface area contributed by atoms with Crippen LogP contribution in [-0.2, 0) is 10.2 Å². The van der Waals surface area contributed by atoms with Gasteiger partial charge in [0.25, 0.3) is 0 Å². The Balaban J connectivity index is 2.37. The number of anilines is 1. The van der Waals surface area contributed by atoms with E-state index in [0.29, 0.717) is 6.54 Å². The van der Waals surface area contributed by atoms with E-state index in [1.54, 1.807) is 4.90 Å². The van der Waals surface area contributed by atoms with Crippen molar-refractivity contribution in [2.45, 2.75) is 65.0 Å². The SMILES string of the molecule is CC(C)(C)OC(=O)N1CCC(N)c2cc(C(C)(C)C)ccc21. The molecule has 0 spiro atoms. The van der Waals surface area contributed by atoms with Gasteiger partial charge in [0.2, 0.25) is 0 Å². The van der Waals surface area contributed by atoms with Crippen LogP contribution in [0.5, 0.6) is 0 Å². The van der Waals surface area contributed by atoms with Gasteiger partial charge < -0.3 is 10.5 Å². The third-order valence-corrected chi connectivity index (χ3v) is 3.86. The number of hydrogen-bond acceptors (Lipinski definition) is 3. The molecule has 0 aliphatic carbocycles. The van der Waals surface area contributed by atoms with Gasteiger partial charge in [0, 0.05) is 12.6 Å². The fraction of sp³-hybridized carbons (Fsp3) is 0.611.